The van der Waals surface area contributed by atoms with Gasteiger partial charge in [-0.05, 0) is 89.0 Å². The summed E-state index contributed by atoms with van der Waals surface area (Å²) in [5.74, 6) is 0. The molecular weight excluding hydrogens is 544 g/mol. The van der Waals surface area contributed by atoms with Crippen LogP contribution in [0.25, 0.3) is 0 Å². The second kappa shape index (κ2) is 11.4. The summed E-state index contributed by atoms with van der Waals surface area (Å²) in [6.07, 6.45) is 11.7. The van der Waals surface area contributed by atoms with Gasteiger partial charge >= 0.3 is 0 Å². The van der Waals surface area contributed by atoms with E-state index < -0.39 is 0 Å². The molecule has 5 aromatic carbocycles. The highest BCUT2D eigenvalue weighted by Crippen LogP contribution is 2.52. The van der Waals surface area contributed by atoms with Crippen LogP contribution < -0.4 is 9.80 Å². The summed E-state index contributed by atoms with van der Waals surface area (Å²) < 4.78 is 0. The van der Waals surface area contributed by atoms with Crippen molar-refractivity contribution in [1.29, 1.82) is 0 Å². The zero-order valence-corrected chi connectivity index (χ0v) is 26.6. The number of benzene rings is 5. The van der Waals surface area contributed by atoms with E-state index in [4.69, 9.17) is 0 Å². The molecule has 0 amide bonds. The number of fused-ring (bicyclic) bond motifs is 2. The number of anilines is 5. The Hall–Kier alpha value is -5.08. The van der Waals surface area contributed by atoms with E-state index in [-0.39, 0.29) is 10.8 Å². The quantitative estimate of drug-likeness (QED) is 0.196. The molecule has 222 valence electrons. The van der Waals surface area contributed by atoms with Gasteiger partial charge in [0.05, 0.1) is 0 Å². The zero-order valence-electron chi connectivity index (χ0n) is 26.6. The monoisotopic (exact) mass is 584 g/mol. The topological polar surface area (TPSA) is 6.48 Å². The van der Waals surface area contributed by atoms with E-state index in [1.165, 1.54) is 45.0 Å². The predicted molar refractivity (Wildman–Crippen MR) is 191 cm³/mol. The smallest absolute Gasteiger partial charge is 0.0464 e. The van der Waals surface area contributed by atoms with Crippen LogP contribution >= 0.6 is 0 Å². The number of nitrogens with zero attached hydrogens (tertiary/aromatic N) is 2. The summed E-state index contributed by atoms with van der Waals surface area (Å²) in [7, 11) is 0. The summed E-state index contributed by atoms with van der Waals surface area (Å²) >= 11 is 0. The fourth-order valence-corrected chi connectivity index (χ4v) is 7.15. The number of para-hydroxylation sites is 3. The minimum absolute atomic E-state index is 0.181. The third-order valence-corrected chi connectivity index (χ3v) is 9.52. The minimum atomic E-state index is -0.182. The van der Waals surface area contributed by atoms with Crippen LogP contribution in [0.15, 0.2) is 163 Å². The summed E-state index contributed by atoms with van der Waals surface area (Å²) in [5.41, 5.74) is 12.3. The Balaban J connectivity index is 1.36. The second-order valence-electron chi connectivity index (χ2n) is 13.1. The molecule has 0 spiro atoms. The van der Waals surface area contributed by atoms with Crippen molar-refractivity contribution in [2.75, 3.05) is 9.80 Å². The van der Waals surface area contributed by atoms with E-state index >= 15 is 0 Å². The molecule has 45 heavy (non-hydrogen) atoms. The lowest BCUT2D eigenvalue weighted by Crippen LogP contribution is -2.37. The van der Waals surface area contributed by atoms with Gasteiger partial charge in [-0.15, -0.1) is 0 Å². The largest absolute Gasteiger partial charge is 0.314 e. The van der Waals surface area contributed by atoms with Crippen LogP contribution in [0.1, 0.15) is 56.4 Å². The van der Waals surface area contributed by atoms with E-state index in [2.05, 4.69) is 195 Å². The molecule has 0 saturated carbocycles. The van der Waals surface area contributed by atoms with Crippen molar-refractivity contribution in [3.05, 3.63) is 186 Å². The van der Waals surface area contributed by atoms with Gasteiger partial charge in [0.1, 0.15) is 0 Å². The first-order chi connectivity index (χ1) is 21.9. The molecule has 2 aliphatic carbocycles. The molecule has 0 heterocycles. The molecule has 0 radical (unpaired) electrons. The number of allylic oxidation sites excluding steroid dienone is 5. The number of rotatable bonds is 6. The van der Waals surface area contributed by atoms with Crippen LogP contribution in [0.3, 0.4) is 0 Å². The van der Waals surface area contributed by atoms with Crippen LogP contribution in [-0.4, -0.2) is 0 Å². The molecule has 0 aliphatic heterocycles. The van der Waals surface area contributed by atoms with Crippen molar-refractivity contribution in [1.82, 2.24) is 0 Å². The normalized spacial score (nSPS) is 15.8. The SMILES string of the molecule is CC1(C)c2ccc(N(c3ccccc3)c3ccccc3)cc2C(C)(C)c2ccc(N(C3=CC=CC=CC3)c3ccccc3)cc21. The van der Waals surface area contributed by atoms with Crippen molar-refractivity contribution in [2.45, 2.75) is 44.9 Å². The molecule has 0 aromatic heterocycles. The first kappa shape index (κ1) is 28.7. The Bertz CT molecular complexity index is 1870. The third kappa shape index (κ3) is 5.11. The van der Waals surface area contributed by atoms with Crippen molar-refractivity contribution >= 4 is 28.4 Å². The van der Waals surface area contributed by atoms with Crippen LogP contribution in [-0.2, 0) is 10.8 Å². The van der Waals surface area contributed by atoms with Gasteiger partial charge < -0.3 is 9.80 Å². The van der Waals surface area contributed by atoms with E-state index in [0.717, 1.165) is 17.8 Å². The zero-order chi connectivity index (χ0) is 31.0. The van der Waals surface area contributed by atoms with Crippen molar-refractivity contribution in [3.8, 4) is 0 Å². The predicted octanol–water partition coefficient (Wildman–Crippen LogP) is 11.7. The van der Waals surface area contributed by atoms with E-state index in [1.807, 2.05) is 0 Å². The van der Waals surface area contributed by atoms with Crippen molar-refractivity contribution in [2.24, 2.45) is 0 Å². The van der Waals surface area contributed by atoms with Crippen LogP contribution in [0.5, 0.6) is 0 Å². The van der Waals surface area contributed by atoms with E-state index in [1.54, 1.807) is 0 Å². The Kier molecular flexibility index (Phi) is 7.30. The standard InChI is InChI=1S/C43H40N2/c1-42(2)39-29-27-37(45(34-22-14-8-15-23-34)35-24-16-9-17-25-35)31-41(39)43(3,4)38-28-26-36(30-40(38)42)44(33-20-12-7-13-21-33)32-18-10-5-6-11-19-32/h5-18,20-31H,19H2,1-4H3. The van der Waals surface area contributed by atoms with Crippen molar-refractivity contribution < 1.29 is 0 Å². The molecule has 0 atom stereocenters. The summed E-state index contributed by atoms with van der Waals surface area (Å²) in [5, 5.41) is 0. The lowest BCUT2D eigenvalue weighted by atomic mass is 9.60. The Labute approximate surface area is 268 Å². The second-order valence-corrected chi connectivity index (χ2v) is 13.1. The van der Waals surface area contributed by atoms with E-state index in [0.29, 0.717) is 0 Å². The minimum Gasteiger partial charge on any atom is -0.314 e. The maximum Gasteiger partial charge on any atom is 0.0464 e. The van der Waals surface area contributed by atoms with Gasteiger partial charge in [0.25, 0.3) is 0 Å². The fourth-order valence-electron chi connectivity index (χ4n) is 7.15. The van der Waals surface area contributed by atoms with Gasteiger partial charge in [-0.1, -0.05) is 119 Å². The fraction of sp³-hybridized carbons (Fsp3) is 0.163. The van der Waals surface area contributed by atoms with Crippen LogP contribution in [0.2, 0.25) is 0 Å². The molecule has 0 fully saturated rings. The first-order valence-corrected chi connectivity index (χ1v) is 15.9. The molecule has 2 heteroatoms. The van der Waals surface area contributed by atoms with Gasteiger partial charge in [-0.25, -0.2) is 0 Å². The Morgan fingerprint density at radius 2 is 0.867 bits per heavy atom. The molecule has 0 N–H and O–H groups in total. The third-order valence-electron chi connectivity index (χ3n) is 9.52. The van der Waals surface area contributed by atoms with Gasteiger partial charge in [0.15, 0.2) is 0 Å². The summed E-state index contributed by atoms with van der Waals surface area (Å²) in [4.78, 5) is 4.78. The highest BCUT2D eigenvalue weighted by molar-refractivity contribution is 5.79. The number of hydrogen-bond donors (Lipinski definition) is 0. The molecule has 0 bridgehead atoms. The molecule has 5 aromatic rings. The molecule has 2 aliphatic rings. The first-order valence-electron chi connectivity index (χ1n) is 15.9. The molecular formula is C43H40N2. The Morgan fingerprint density at radius 3 is 1.36 bits per heavy atom. The lowest BCUT2D eigenvalue weighted by molar-refractivity contribution is 0.521. The highest BCUT2D eigenvalue weighted by atomic mass is 15.2. The van der Waals surface area contributed by atoms with E-state index in [9.17, 15) is 0 Å². The summed E-state index contributed by atoms with van der Waals surface area (Å²) in [6, 6.07) is 46.3. The highest BCUT2D eigenvalue weighted by Gasteiger charge is 2.42. The van der Waals surface area contributed by atoms with Gasteiger partial charge in [0, 0.05) is 51.4 Å². The Morgan fingerprint density at radius 1 is 0.422 bits per heavy atom. The van der Waals surface area contributed by atoms with Gasteiger partial charge in [-0.3, -0.25) is 0 Å². The maximum absolute atomic E-state index is 2.44. The average Bonchev–Trinajstić information content (AvgIpc) is 3.35. The maximum atomic E-state index is 2.44. The number of hydrogen-bond acceptors (Lipinski definition) is 2. The molecule has 2 nitrogen and oxygen atoms in total. The van der Waals surface area contributed by atoms with Crippen LogP contribution in [0.4, 0.5) is 28.4 Å². The molecule has 0 saturated heterocycles. The van der Waals surface area contributed by atoms with Crippen molar-refractivity contribution in [3.63, 3.8) is 0 Å². The van der Waals surface area contributed by atoms with Crippen LogP contribution in [0, 0.1) is 0 Å². The molecule has 0 unspecified atom stereocenters. The summed E-state index contributed by atoms with van der Waals surface area (Å²) in [6.45, 7) is 9.55. The lowest BCUT2D eigenvalue weighted by Gasteiger charge is -2.45. The molecule has 7 rings (SSSR count). The van der Waals surface area contributed by atoms with Gasteiger partial charge in [-0.2, -0.15) is 0 Å². The van der Waals surface area contributed by atoms with Gasteiger partial charge in [0.2, 0.25) is 0 Å². The average molecular weight is 585 g/mol.